The van der Waals surface area contributed by atoms with Crippen LogP contribution in [-0.4, -0.2) is 4.92 Å². The van der Waals surface area contributed by atoms with Gasteiger partial charge < -0.3 is 5.32 Å². The minimum absolute atomic E-state index is 0.0931. The molecule has 4 nitrogen and oxygen atoms in total. The molecule has 0 spiro atoms. The van der Waals surface area contributed by atoms with Gasteiger partial charge in [-0.3, -0.25) is 10.1 Å². The molecule has 0 aliphatic rings. The summed E-state index contributed by atoms with van der Waals surface area (Å²) < 4.78 is 0. The molecule has 1 atom stereocenters. The lowest BCUT2D eigenvalue weighted by Gasteiger charge is -2.19. The molecule has 4 heteroatoms. The van der Waals surface area contributed by atoms with E-state index in [1.165, 1.54) is 12.1 Å². The van der Waals surface area contributed by atoms with Gasteiger partial charge in [-0.25, -0.2) is 0 Å². The molecule has 0 heterocycles. The molecule has 0 aliphatic heterocycles. The van der Waals surface area contributed by atoms with Crippen LogP contribution in [0, 0.1) is 10.1 Å². The number of benzene rings is 2. The van der Waals surface area contributed by atoms with E-state index in [9.17, 15) is 10.1 Å². The van der Waals surface area contributed by atoms with Crippen molar-refractivity contribution in [2.24, 2.45) is 0 Å². The number of anilines is 1. The van der Waals surface area contributed by atoms with Crippen molar-refractivity contribution >= 4 is 11.4 Å². The zero-order valence-corrected chi connectivity index (χ0v) is 11.0. The number of hydrogen-bond donors (Lipinski definition) is 1. The maximum absolute atomic E-state index is 10.6. The molecule has 0 saturated heterocycles. The fourth-order valence-corrected chi connectivity index (χ4v) is 2.01. The van der Waals surface area contributed by atoms with Gasteiger partial charge in [-0.15, -0.1) is 6.58 Å². The Morgan fingerprint density at radius 3 is 2.35 bits per heavy atom. The van der Waals surface area contributed by atoms with Crippen molar-refractivity contribution in [3.63, 3.8) is 0 Å². The van der Waals surface area contributed by atoms with Crippen LogP contribution in [0.5, 0.6) is 0 Å². The zero-order valence-electron chi connectivity index (χ0n) is 11.0. The normalized spacial score (nSPS) is 11.6. The maximum atomic E-state index is 10.6. The van der Waals surface area contributed by atoms with Crippen molar-refractivity contribution in [1.29, 1.82) is 0 Å². The highest BCUT2D eigenvalue weighted by Crippen LogP contribution is 2.24. The quantitative estimate of drug-likeness (QED) is 0.482. The molecule has 20 heavy (non-hydrogen) atoms. The first-order valence-corrected chi connectivity index (χ1v) is 6.37. The smallest absolute Gasteiger partial charge is 0.269 e. The average molecular weight is 268 g/mol. The van der Waals surface area contributed by atoms with E-state index < -0.39 is 4.92 Å². The summed E-state index contributed by atoms with van der Waals surface area (Å²) in [5.74, 6) is 0. The first-order valence-electron chi connectivity index (χ1n) is 6.37. The minimum Gasteiger partial charge on any atom is -0.378 e. The number of nitro groups is 1. The highest BCUT2D eigenvalue weighted by molar-refractivity contribution is 5.50. The van der Waals surface area contributed by atoms with Crippen LogP contribution in [-0.2, 0) is 0 Å². The van der Waals surface area contributed by atoms with E-state index in [0.29, 0.717) is 0 Å². The van der Waals surface area contributed by atoms with Crippen LogP contribution in [0.25, 0.3) is 0 Å². The van der Waals surface area contributed by atoms with Crippen molar-refractivity contribution < 1.29 is 4.92 Å². The van der Waals surface area contributed by atoms with Gasteiger partial charge in [0, 0.05) is 17.8 Å². The van der Waals surface area contributed by atoms with Crippen LogP contribution in [0.1, 0.15) is 18.0 Å². The summed E-state index contributed by atoms with van der Waals surface area (Å²) in [5.41, 5.74) is 2.10. The standard InChI is InChI=1S/C16H16N2O2/c1-2-6-16(13-7-4-3-5-8-13)17-14-9-11-15(12-10-14)18(19)20/h2-5,7-12,16-17H,1,6H2. The van der Waals surface area contributed by atoms with Crippen LogP contribution < -0.4 is 5.32 Å². The molecule has 0 amide bonds. The van der Waals surface area contributed by atoms with Gasteiger partial charge >= 0.3 is 0 Å². The maximum Gasteiger partial charge on any atom is 0.269 e. The summed E-state index contributed by atoms with van der Waals surface area (Å²) in [6.45, 7) is 3.78. The predicted octanol–water partition coefficient (Wildman–Crippen LogP) is 4.32. The Bertz CT molecular complexity index is 579. The monoisotopic (exact) mass is 268 g/mol. The Kier molecular flexibility index (Phi) is 4.50. The second-order valence-electron chi connectivity index (χ2n) is 4.44. The summed E-state index contributed by atoms with van der Waals surface area (Å²) >= 11 is 0. The summed E-state index contributed by atoms with van der Waals surface area (Å²) in [6.07, 6.45) is 2.64. The van der Waals surface area contributed by atoms with Gasteiger partial charge in [0.05, 0.1) is 11.0 Å². The molecule has 0 fully saturated rings. The van der Waals surface area contributed by atoms with Gasteiger partial charge in [0.1, 0.15) is 0 Å². The van der Waals surface area contributed by atoms with Gasteiger partial charge in [0.25, 0.3) is 5.69 Å². The zero-order chi connectivity index (χ0) is 14.4. The van der Waals surface area contributed by atoms with Crippen molar-refractivity contribution in [2.75, 3.05) is 5.32 Å². The molecule has 0 radical (unpaired) electrons. The number of hydrogen-bond acceptors (Lipinski definition) is 3. The molecule has 0 aliphatic carbocycles. The number of rotatable bonds is 6. The molecule has 1 N–H and O–H groups in total. The summed E-state index contributed by atoms with van der Waals surface area (Å²) in [7, 11) is 0. The second-order valence-corrected chi connectivity index (χ2v) is 4.44. The molecular weight excluding hydrogens is 252 g/mol. The molecule has 0 bridgehead atoms. The van der Waals surface area contributed by atoms with Crippen molar-refractivity contribution in [3.05, 3.63) is 82.9 Å². The topological polar surface area (TPSA) is 55.2 Å². The van der Waals surface area contributed by atoms with E-state index in [4.69, 9.17) is 0 Å². The van der Waals surface area contributed by atoms with Gasteiger partial charge in [0.15, 0.2) is 0 Å². The third kappa shape index (κ3) is 3.45. The fraction of sp³-hybridized carbons (Fsp3) is 0.125. The van der Waals surface area contributed by atoms with Gasteiger partial charge in [-0.2, -0.15) is 0 Å². The van der Waals surface area contributed by atoms with Crippen LogP contribution >= 0.6 is 0 Å². The van der Waals surface area contributed by atoms with Crippen LogP contribution in [0.15, 0.2) is 67.3 Å². The number of non-ortho nitro benzene ring substituents is 1. The Labute approximate surface area is 117 Å². The predicted molar refractivity (Wildman–Crippen MR) is 80.7 cm³/mol. The SMILES string of the molecule is C=CCC(Nc1ccc([N+](=O)[O-])cc1)c1ccccc1. The van der Waals surface area contributed by atoms with E-state index in [-0.39, 0.29) is 11.7 Å². The van der Waals surface area contributed by atoms with Crippen molar-refractivity contribution in [1.82, 2.24) is 0 Å². The molecule has 2 aromatic carbocycles. The lowest BCUT2D eigenvalue weighted by atomic mass is 10.0. The van der Waals surface area contributed by atoms with E-state index in [1.807, 2.05) is 36.4 Å². The fourth-order valence-electron chi connectivity index (χ4n) is 2.01. The largest absolute Gasteiger partial charge is 0.378 e. The second kappa shape index (κ2) is 6.52. The Morgan fingerprint density at radius 2 is 1.80 bits per heavy atom. The molecule has 0 saturated carbocycles. The number of nitro benzene ring substituents is 1. The summed E-state index contributed by atoms with van der Waals surface area (Å²) in [6, 6.07) is 16.6. The van der Waals surface area contributed by atoms with Gasteiger partial charge in [-0.05, 0) is 24.1 Å². The summed E-state index contributed by atoms with van der Waals surface area (Å²) in [4.78, 5) is 10.2. The first kappa shape index (κ1) is 13.8. The minimum atomic E-state index is -0.401. The lowest BCUT2D eigenvalue weighted by Crippen LogP contribution is -2.09. The van der Waals surface area contributed by atoms with Crippen LogP contribution in [0.4, 0.5) is 11.4 Å². The first-order chi connectivity index (χ1) is 9.70. The van der Waals surface area contributed by atoms with Crippen LogP contribution in [0.3, 0.4) is 0 Å². The van der Waals surface area contributed by atoms with Crippen LogP contribution in [0.2, 0.25) is 0 Å². The van der Waals surface area contributed by atoms with Gasteiger partial charge in [-0.1, -0.05) is 36.4 Å². The van der Waals surface area contributed by atoms with E-state index >= 15 is 0 Å². The van der Waals surface area contributed by atoms with Gasteiger partial charge in [0.2, 0.25) is 0 Å². The molecule has 0 aromatic heterocycles. The molecular formula is C16H16N2O2. The number of nitrogens with zero attached hydrogens (tertiary/aromatic N) is 1. The van der Waals surface area contributed by atoms with Crippen molar-refractivity contribution in [3.8, 4) is 0 Å². The van der Waals surface area contributed by atoms with E-state index in [2.05, 4.69) is 11.9 Å². The molecule has 2 rings (SSSR count). The molecule has 102 valence electrons. The number of nitrogens with one attached hydrogen (secondary N) is 1. The Morgan fingerprint density at radius 1 is 1.15 bits per heavy atom. The lowest BCUT2D eigenvalue weighted by molar-refractivity contribution is -0.384. The van der Waals surface area contributed by atoms with E-state index in [1.54, 1.807) is 12.1 Å². The summed E-state index contributed by atoms with van der Waals surface area (Å²) in [5, 5.41) is 14.0. The third-order valence-electron chi connectivity index (χ3n) is 3.02. The highest BCUT2D eigenvalue weighted by Gasteiger charge is 2.10. The van der Waals surface area contributed by atoms with Crippen molar-refractivity contribution in [2.45, 2.75) is 12.5 Å². The Hall–Kier alpha value is -2.62. The molecule has 1 unspecified atom stereocenters. The Balaban J connectivity index is 2.16. The molecule has 2 aromatic rings. The highest BCUT2D eigenvalue weighted by atomic mass is 16.6. The van der Waals surface area contributed by atoms with E-state index in [0.717, 1.165) is 17.7 Å². The average Bonchev–Trinajstić information content (AvgIpc) is 2.48. The third-order valence-corrected chi connectivity index (χ3v) is 3.02.